The molecular formula is C22H25ClN2O4. The molecule has 7 heteroatoms. The van der Waals surface area contributed by atoms with Crippen molar-refractivity contribution in [3.63, 3.8) is 0 Å². The number of Topliss-reactive ketones (excluding diaryl/α,β-unsaturated/α-hetero) is 1. The van der Waals surface area contributed by atoms with Crippen LogP contribution in [0, 0.1) is 5.92 Å². The van der Waals surface area contributed by atoms with E-state index in [4.69, 9.17) is 16.3 Å². The van der Waals surface area contributed by atoms with Crippen LogP contribution in [0.5, 0.6) is 11.5 Å². The van der Waals surface area contributed by atoms with Gasteiger partial charge >= 0.3 is 6.03 Å². The Labute approximate surface area is 175 Å². The summed E-state index contributed by atoms with van der Waals surface area (Å²) in [6, 6.07) is 11.3. The van der Waals surface area contributed by atoms with Crippen LogP contribution in [0.15, 0.2) is 42.5 Å². The number of hydrogen-bond donors (Lipinski definition) is 2. The third kappa shape index (κ3) is 5.41. The minimum absolute atomic E-state index is 0.0551. The number of piperidine rings is 1. The van der Waals surface area contributed by atoms with Gasteiger partial charge in [-0.2, -0.15) is 0 Å². The molecule has 154 valence electrons. The topological polar surface area (TPSA) is 78.9 Å². The second kappa shape index (κ2) is 9.65. The van der Waals surface area contributed by atoms with E-state index in [1.807, 2.05) is 6.92 Å². The highest BCUT2D eigenvalue weighted by Gasteiger charge is 2.28. The van der Waals surface area contributed by atoms with Gasteiger partial charge in [-0.05, 0) is 61.7 Å². The second-order valence-corrected chi connectivity index (χ2v) is 7.50. The van der Waals surface area contributed by atoms with Crippen molar-refractivity contribution in [2.75, 3.05) is 25.0 Å². The molecule has 1 aliphatic rings. The second-order valence-electron chi connectivity index (χ2n) is 7.10. The molecule has 2 aromatic rings. The highest BCUT2D eigenvalue weighted by Crippen LogP contribution is 2.28. The number of likely N-dealkylation sites (tertiary alicyclic amines) is 1. The van der Waals surface area contributed by atoms with E-state index in [2.05, 4.69) is 5.32 Å². The number of phenols is 1. The van der Waals surface area contributed by atoms with Crippen molar-refractivity contribution in [2.45, 2.75) is 26.2 Å². The minimum atomic E-state index is -0.209. The number of nitrogens with zero attached hydrogens (tertiary/aromatic N) is 1. The van der Waals surface area contributed by atoms with Gasteiger partial charge in [0.05, 0.1) is 11.6 Å². The van der Waals surface area contributed by atoms with Crippen LogP contribution in [0.2, 0.25) is 5.02 Å². The molecule has 2 N–H and O–H groups in total. The predicted octanol–water partition coefficient (Wildman–Crippen LogP) is 4.96. The first-order chi connectivity index (χ1) is 14.0. The van der Waals surface area contributed by atoms with Crippen molar-refractivity contribution in [1.82, 2.24) is 4.90 Å². The van der Waals surface area contributed by atoms with Crippen LogP contribution < -0.4 is 10.1 Å². The van der Waals surface area contributed by atoms with Gasteiger partial charge in [0.15, 0.2) is 5.78 Å². The first-order valence-corrected chi connectivity index (χ1v) is 10.2. The summed E-state index contributed by atoms with van der Waals surface area (Å²) in [6.07, 6.45) is 2.11. The summed E-state index contributed by atoms with van der Waals surface area (Å²) < 4.78 is 5.54. The normalized spacial score (nSPS) is 14.5. The number of amides is 2. The lowest BCUT2D eigenvalue weighted by molar-refractivity contribution is 0.0859. The molecule has 0 atom stereocenters. The van der Waals surface area contributed by atoms with Crippen molar-refractivity contribution in [3.05, 3.63) is 53.1 Å². The van der Waals surface area contributed by atoms with Gasteiger partial charge < -0.3 is 20.1 Å². The van der Waals surface area contributed by atoms with Crippen LogP contribution in [0.1, 0.15) is 36.5 Å². The average molecular weight is 417 g/mol. The summed E-state index contributed by atoms with van der Waals surface area (Å²) >= 11 is 6.21. The number of carbonyl (C=O) groups is 2. The van der Waals surface area contributed by atoms with E-state index in [1.54, 1.807) is 35.2 Å². The van der Waals surface area contributed by atoms with E-state index in [9.17, 15) is 14.7 Å². The number of urea groups is 1. The lowest BCUT2D eigenvalue weighted by Crippen LogP contribution is -2.42. The molecule has 1 aliphatic heterocycles. The zero-order valence-corrected chi connectivity index (χ0v) is 17.1. The molecule has 0 bridgehead atoms. The summed E-state index contributed by atoms with van der Waals surface area (Å²) in [5, 5.41) is 12.7. The maximum Gasteiger partial charge on any atom is 0.321 e. The quantitative estimate of drug-likeness (QED) is 0.652. The van der Waals surface area contributed by atoms with Gasteiger partial charge in [0.2, 0.25) is 0 Å². The fourth-order valence-corrected chi connectivity index (χ4v) is 3.55. The molecule has 1 heterocycles. The van der Waals surface area contributed by atoms with E-state index < -0.39 is 0 Å². The summed E-state index contributed by atoms with van der Waals surface area (Å²) in [7, 11) is 0. The lowest BCUT2D eigenvalue weighted by atomic mass is 9.89. The molecule has 2 amide bonds. The Kier molecular flexibility index (Phi) is 6.99. The Bertz CT molecular complexity index is 862. The van der Waals surface area contributed by atoms with Crippen molar-refractivity contribution < 1.29 is 19.4 Å². The standard InChI is InChI=1S/C22H25ClN2O4/c1-2-13-29-20-8-5-17(14-19(20)23)24-22(28)25-11-9-16(10-12-25)21(27)15-3-6-18(26)7-4-15/h3-8,14,16,26H,2,9-13H2,1H3,(H,24,28). The van der Waals surface area contributed by atoms with Crippen molar-refractivity contribution >= 4 is 29.1 Å². The van der Waals surface area contributed by atoms with Crippen LogP contribution in [-0.4, -0.2) is 41.5 Å². The molecule has 1 fully saturated rings. The average Bonchev–Trinajstić information content (AvgIpc) is 2.73. The number of phenolic OH excluding ortho intramolecular Hbond substituents is 1. The Morgan fingerprint density at radius 2 is 1.86 bits per heavy atom. The molecule has 6 nitrogen and oxygen atoms in total. The molecular weight excluding hydrogens is 392 g/mol. The molecule has 0 spiro atoms. The number of halogens is 1. The van der Waals surface area contributed by atoms with Crippen molar-refractivity contribution in [3.8, 4) is 11.5 Å². The summed E-state index contributed by atoms with van der Waals surface area (Å²) in [6.45, 7) is 3.62. The van der Waals surface area contributed by atoms with Crippen LogP contribution in [0.3, 0.4) is 0 Å². The summed E-state index contributed by atoms with van der Waals surface area (Å²) in [5.74, 6) is 0.672. The third-order valence-corrected chi connectivity index (χ3v) is 5.24. The van der Waals surface area contributed by atoms with Gasteiger partial charge in [0.25, 0.3) is 0 Å². The van der Waals surface area contributed by atoms with E-state index in [0.29, 0.717) is 54.6 Å². The number of ketones is 1. The number of rotatable bonds is 6. The molecule has 0 radical (unpaired) electrons. The number of benzene rings is 2. The van der Waals surface area contributed by atoms with Crippen LogP contribution in [0.4, 0.5) is 10.5 Å². The van der Waals surface area contributed by atoms with Crippen LogP contribution in [0.25, 0.3) is 0 Å². The van der Waals surface area contributed by atoms with Gasteiger partial charge in [-0.15, -0.1) is 0 Å². The van der Waals surface area contributed by atoms with Crippen molar-refractivity contribution in [1.29, 1.82) is 0 Å². The van der Waals surface area contributed by atoms with Gasteiger partial charge in [0, 0.05) is 30.3 Å². The van der Waals surface area contributed by atoms with E-state index >= 15 is 0 Å². The smallest absolute Gasteiger partial charge is 0.321 e. The number of anilines is 1. The molecule has 0 unspecified atom stereocenters. The number of aromatic hydroxyl groups is 1. The number of carbonyl (C=O) groups excluding carboxylic acids is 2. The molecule has 0 saturated carbocycles. The maximum atomic E-state index is 12.6. The largest absolute Gasteiger partial charge is 0.508 e. The molecule has 0 aliphatic carbocycles. The number of hydrogen-bond acceptors (Lipinski definition) is 4. The molecule has 29 heavy (non-hydrogen) atoms. The minimum Gasteiger partial charge on any atom is -0.508 e. The lowest BCUT2D eigenvalue weighted by Gasteiger charge is -2.31. The van der Waals surface area contributed by atoms with E-state index in [-0.39, 0.29) is 23.5 Å². The summed E-state index contributed by atoms with van der Waals surface area (Å²) in [4.78, 5) is 26.8. The molecule has 0 aromatic heterocycles. The van der Waals surface area contributed by atoms with Gasteiger partial charge in [0.1, 0.15) is 11.5 Å². The predicted molar refractivity (Wildman–Crippen MR) is 113 cm³/mol. The zero-order valence-electron chi connectivity index (χ0n) is 16.4. The molecule has 3 rings (SSSR count). The Balaban J connectivity index is 1.53. The first-order valence-electron chi connectivity index (χ1n) is 9.79. The zero-order chi connectivity index (χ0) is 20.8. The Morgan fingerprint density at radius 1 is 1.17 bits per heavy atom. The Hall–Kier alpha value is -2.73. The summed E-state index contributed by atoms with van der Waals surface area (Å²) in [5.41, 5.74) is 1.19. The monoisotopic (exact) mass is 416 g/mol. The van der Waals surface area contributed by atoms with E-state index in [0.717, 1.165) is 6.42 Å². The van der Waals surface area contributed by atoms with Crippen LogP contribution >= 0.6 is 11.6 Å². The first kappa shape index (κ1) is 21.0. The fourth-order valence-electron chi connectivity index (χ4n) is 3.32. The Morgan fingerprint density at radius 3 is 2.48 bits per heavy atom. The van der Waals surface area contributed by atoms with E-state index in [1.165, 1.54) is 12.1 Å². The fraction of sp³-hybridized carbons (Fsp3) is 0.364. The maximum absolute atomic E-state index is 12.6. The van der Waals surface area contributed by atoms with Crippen LogP contribution in [-0.2, 0) is 0 Å². The van der Waals surface area contributed by atoms with Gasteiger partial charge in [-0.3, -0.25) is 4.79 Å². The van der Waals surface area contributed by atoms with Gasteiger partial charge in [-0.25, -0.2) is 4.79 Å². The number of nitrogens with one attached hydrogen (secondary N) is 1. The highest BCUT2D eigenvalue weighted by molar-refractivity contribution is 6.32. The third-order valence-electron chi connectivity index (χ3n) is 4.95. The highest BCUT2D eigenvalue weighted by atomic mass is 35.5. The van der Waals surface area contributed by atoms with Gasteiger partial charge in [-0.1, -0.05) is 18.5 Å². The van der Waals surface area contributed by atoms with Crippen molar-refractivity contribution in [2.24, 2.45) is 5.92 Å². The molecule has 2 aromatic carbocycles. The SMILES string of the molecule is CCCOc1ccc(NC(=O)N2CCC(C(=O)c3ccc(O)cc3)CC2)cc1Cl. The molecule has 1 saturated heterocycles. The number of ether oxygens (including phenoxy) is 1.